The number of aliphatic hydroxyl groups excluding tert-OH is 1. The van der Waals surface area contributed by atoms with Gasteiger partial charge in [0.2, 0.25) is 0 Å². The fraction of sp³-hybridized carbons (Fsp3) is 1.00. The van der Waals surface area contributed by atoms with Gasteiger partial charge < -0.3 is 5.11 Å². The molecule has 1 saturated heterocycles. The lowest BCUT2D eigenvalue weighted by Crippen LogP contribution is -2.33. The molecular formula is C9H19NO3S. The van der Waals surface area contributed by atoms with Crippen molar-refractivity contribution in [3.05, 3.63) is 0 Å². The Hall–Kier alpha value is -0.130. The molecule has 14 heavy (non-hydrogen) atoms. The third kappa shape index (κ3) is 3.94. The van der Waals surface area contributed by atoms with Crippen molar-refractivity contribution in [2.24, 2.45) is 0 Å². The van der Waals surface area contributed by atoms with Gasteiger partial charge in [-0.1, -0.05) is 0 Å². The summed E-state index contributed by atoms with van der Waals surface area (Å²) < 4.78 is 21.8. The lowest BCUT2D eigenvalue weighted by atomic mass is 10.2. The van der Waals surface area contributed by atoms with E-state index in [0.717, 1.165) is 25.9 Å². The van der Waals surface area contributed by atoms with E-state index in [0.29, 0.717) is 6.42 Å². The van der Waals surface area contributed by atoms with Crippen molar-refractivity contribution < 1.29 is 13.5 Å². The number of aliphatic hydroxyl groups is 1. The van der Waals surface area contributed by atoms with Crippen molar-refractivity contribution in [3.8, 4) is 0 Å². The molecule has 1 aliphatic rings. The highest BCUT2D eigenvalue weighted by molar-refractivity contribution is 7.90. The first-order valence-electron chi connectivity index (χ1n) is 5.05. The topological polar surface area (TPSA) is 57.6 Å². The van der Waals surface area contributed by atoms with Crippen LogP contribution in [0, 0.1) is 0 Å². The Morgan fingerprint density at radius 2 is 2.21 bits per heavy atom. The van der Waals surface area contributed by atoms with E-state index in [-0.39, 0.29) is 18.4 Å². The smallest absolute Gasteiger partial charge is 0.147 e. The highest BCUT2D eigenvalue weighted by atomic mass is 32.2. The second kappa shape index (κ2) is 5.09. The SMILES string of the molecule is CS(=O)(=O)CCCN1CCC[C@@H]1CO. The van der Waals surface area contributed by atoms with Crippen molar-refractivity contribution in [3.63, 3.8) is 0 Å². The number of hydrogen-bond acceptors (Lipinski definition) is 4. The summed E-state index contributed by atoms with van der Waals surface area (Å²) in [6.07, 6.45) is 4.09. The zero-order valence-corrected chi connectivity index (χ0v) is 9.46. The van der Waals surface area contributed by atoms with Crippen molar-refractivity contribution in [2.45, 2.75) is 25.3 Å². The van der Waals surface area contributed by atoms with Gasteiger partial charge in [0.15, 0.2) is 0 Å². The molecule has 1 N–H and O–H groups in total. The second-order valence-corrected chi connectivity index (χ2v) is 6.26. The first-order chi connectivity index (χ1) is 6.53. The van der Waals surface area contributed by atoms with Crippen LogP contribution < -0.4 is 0 Å². The molecule has 0 aliphatic carbocycles. The Kier molecular flexibility index (Phi) is 4.34. The summed E-state index contributed by atoms with van der Waals surface area (Å²) in [6, 6.07) is 0.259. The zero-order chi connectivity index (χ0) is 10.6. The molecule has 0 aromatic heterocycles. The van der Waals surface area contributed by atoms with Gasteiger partial charge in [0.05, 0.1) is 12.4 Å². The second-order valence-electron chi connectivity index (χ2n) is 4.00. The van der Waals surface area contributed by atoms with Gasteiger partial charge in [-0.05, 0) is 32.4 Å². The largest absolute Gasteiger partial charge is 0.395 e. The molecule has 1 atom stereocenters. The van der Waals surface area contributed by atoms with Gasteiger partial charge in [0.1, 0.15) is 9.84 Å². The van der Waals surface area contributed by atoms with E-state index in [1.165, 1.54) is 6.26 Å². The average molecular weight is 221 g/mol. The number of hydrogen-bond donors (Lipinski definition) is 1. The summed E-state index contributed by atoms with van der Waals surface area (Å²) in [6.45, 7) is 1.98. The first kappa shape index (κ1) is 11.9. The van der Waals surface area contributed by atoms with Gasteiger partial charge in [-0.2, -0.15) is 0 Å². The van der Waals surface area contributed by atoms with Crippen LogP contribution in [0.25, 0.3) is 0 Å². The van der Waals surface area contributed by atoms with Gasteiger partial charge in [0.25, 0.3) is 0 Å². The van der Waals surface area contributed by atoms with E-state index in [4.69, 9.17) is 5.11 Å². The highest BCUT2D eigenvalue weighted by Crippen LogP contribution is 2.16. The van der Waals surface area contributed by atoms with Gasteiger partial charge in [-0.15, -0.1) is 0 Å². The van der Waals surface area contributed by atoms with Gasteiger partial charge >= 0.3 is 0 Å². The summed E-state index contributed by atoms with van der Waals surface area (Å²) in [5.41, 5.74) is 0. The Bertz CT molecular complexity index is 263. The van der Waals surface area contributed by atoms with Crippen molar-refractivity contribution in [1.82, 2.24) is 4.90 Å². The highest BCUT2D eigenvalue weighted by Gasteiger charge is 2.22. The van der Waals surface area contributed by atoms with Gasteiger partial charge in [-0.25, -0.2) is 8.42 Å². The third-order valence-electron chi connectivity index (χ3n) is 2.67. The normalized spacial score (nSPS) is 24.3. The maximum Gasteiger partial charge on any atom is 0.147 e. The van der Waals surface area contributed by atoms with E-state index in [1.54, 1.807) is 0 Å². The molecule has 0 saturated carbocycles. The Balaban J connectivity index is 2.24. The monoisotopic (exact) mass is 221 g/mol. The molecule has 0 aromatic rings. The molecule has 1 aliphatic heterocycles. The van der Waals surface area contributed by atoms with Crippen LogP contribution in [-0.2, 0) is 9.84 Å². The molecule has 4 nitrogen and oxygen atoms in total. The van der Waals surface area contributed by atoms with E-state index in [1.807, 2.05) is 0 Å². The maximum atomic E-state index is 10.9. The molecule has 0 amide bonds. The van der Waals surface area contributed by atoms with E-state index in [2.05, 4.69) is 4.90 Å². The van der Waals surface area contributed by atoms with Crippen LogP contribution in [-0.4, -0.2) is 56.2 Å². The van der Waals surface area contributed by atoms with Crippen LogP contribution in [0.15, 0.2) is 0 Å². The summed E-state index contributed by atoms with van der Waals surface area (Å²) >= 11 is 0. The molecule has 0 radical (unpaired) electrons. The summed E-state index contributed by atoms with van der Waals surface area (Å²) in [5, 5.41) is 9.04. The number of nitrogens with zero attached hydrogens (tertiary/aromatic N) is 1. The molecule has 0 spiro atoms. The minimum Gasteiger partial charge on any atom is -0.395 e. The van der Waals surface area contributed by atoms with E-state index >= 15 is 0 Å². The molecule has 0 bridgehead atoms. The predicted molar refractivity (Wildman–Crippen MR) is 56.0 cm³/mol. The number of likely N-dealkylation sites (tertiary alicyclic amines) is 1. The minimum atomic E-state index is -2.83. The predicted octanol–water partition coefficient (Wildman–Crippen LogP) is -0.122. The molecule has 1 heterocycles. The van der Waals surface area contributed by atoms with Crippen molar-refractivity contribution in [1.29, 1.82) is 0 Å². The zero-order valence-electron chi connectivity index (χ0n) is 8.65. The Labute approximate surface area is 85.8 Å². The molecule has 1 fully saturated rings. The minimum absolute atomic E-state index is 0.193. The maximum absolute atomic E-state index is 10.9. The standard InChI is InChI=1S/C9H19NO3S/c1-14(12,13)7-3-6-10-5-2-4-9(10)8-11/h9,11H,2-8H2,1H3/t9-/m1/s1. The fourth-order valence-corrected chi connectivity index (χ4v) is 2.58. The molecule has 1 rings (SSSR count). The summed E-state index contributed by atoms with van der Waals surface area (Å²) in [4.78, 5) is 2.19. The molecule has 0 aromatic carbocycles. The van der Waals surface area contributed by atoms with Gasteiger partial charge in [0, 0.05) is 12.3 Å². The van der Waals surface area contributed by atoms with Crippen LogP contribution in [0.3, 0.4) is 0 Å². The number of rotatable bonds is 5. The van der Waals surface area contributed by atoms with Gasteiger partial charge in [-0.3, -0.25) is 4.90 Å². The lowest BCUT2D eigenvalue weighted by Gasteiger charge is -2.22. The summed E-state index contributed by atoms with van der Waals surface area (Å²) in [5.74, 6) is 0.252. The van der Waals surface area contributed by atoms with Crippen LogP contribution >= 0.6 is 0 Å². The van der Waals surface area contributed by atoms with Crippen LogP contribution in [0.2, 0.25) is 0 Å². The molecule has 5 heteroatoms. The fourth-order valence-electron chi connectivity index (χ4n) is 1.93. The quantitative estimate of drug-likeness (QED) is 0.703. The lowest BCUT2D eigenvalue weighted by molar-refractivity contribution is 0.159. The third-order valence-corrected chi connectivity index (χ3v) is 3.70. The van der Waals surface area contributed by atoms with Crippen LogP contribution in [0.4, 0.5) is 0 Å². The molecule has 0 unspecified atom stereocenters. The van der Waals surface area contributed by atoms with E-state index in [9.17, 15) is 8.42 Å². The Morgan fingerprint density at radius 1 is 1.50 bits per heavy atom. The van der Waals surface area contributed by atoms with Crippen molar-refractivity contribution in [2.75, 3.05) is 31.7 Å². The number of sulfone groups is 1. The van der Waals surface area contributed by atoms with Crippen LogP contribution in [0.5, 0.6) is 0 Å². The molecule has 84 valence electrons. The van der Waals surface area contributed by atoms with E-state index < -0.39 is 9.84 Å². The van der Waals surface area contributed by atoms with Crippen molar-refractivity contribution >= 4 is 9.84 Å². The molecular weight excluding hydrogens is 202 g/mol. The Morgan fingerprint density at radius 3 is 2.79 bits per heavy atom. The average Bonchev–Trinajstić information content (AvgIpc) is 2.49. The first-order valence-corrected chi connectivity index (χ1v) is 7.11. The summed E-state index contributed by atoms with van der Waals surface area (Å²) in [7, 11) is -2.83. The van der Waals surface area contributed by atoms with Crippen LogP contribution in [0.1, 0.15) is 19.3 Å².